The zero-order valence-corrected chi connectivity index (χ0v) is 16.4. The van der Waals surface area contributed by atoms with Gasteiger partial charge in [-0.1, -0.05) is 24.3 Å². The summed E-state index contributed by atoms with van der Waals surface area (Å²) in [4.78, 5) is 26.7. The predicted molar refractivity (Wildman–Crippen MR) is 111 cm³/mol. The molecule has 1 N–H and O–H groups in total. The van der Waals surface area contributed by atoms with Gasteiger partial charge in [0.1, 0.15) is 11.6 Å². The number of amides is 2. The maximum atomic E-state index is 14.0. The highest BCUT2D eigenvalue weighted by molar-refractivity contribution is 6.07. The Balaban J connectivity index is 1.50. The molecule has 30 heavy (non-hydrogen) atoms. The van der Waals surface area contributed by atoms with Crippen LogP contribution in [-0.2, 0) is 6.42 Å². The minimum absolute atomic E-state index is 0.0503. The molecule has 0 aromatic heterocycles. The van der Waals surface area contributed by atoms with Gasteiger partial charge in [-0.3, -0.25) is 9.59 Å². The van der Waals surface area contributed by atoms with Gasteiger partial charge in [0.05, 0.1) is 11.6 Å². The number of halogens is 2. The minimum Gasteiger partial charge on any atom is -0.346 e. The van der Waals surface area contributed by atoms with Crippen molar-refractivity contribution in [1.82, 2.24) is 5.32 Å². The molecule has 1 aliphatic heterocycles. The average molecular weight is 406 g/mol. The average Bonchev–Trinajstić information content (AvgIpc) is 3.17. The summed E-state index contributed by atoms with van der Waals surface area (Å²) in [6.45, 7) is 2.34. The van der Waals surface area contributed by atoms with Crippen LogP contribution in [0.3, 0.4) is 0 Å². The van der Waals surface area contributed by atoms with E-state index in [1.54, 1.807) is 17.0 Å². The number of benzene rings is 3. The van der Waals surface area contributed by atoms with Crippen LogP contribution >= 0.6 is 0 Å². The van der Waals surface area contributed by atoms with Crippen LogP contribution in [0.25, 0.3) is 0 Å². The second-order valence-corrected chi connectivity index (χ2v) is 7.28. The van der Waals surface area contributed by atoms with Gasteiger partial charge in [0.15, 0.2) is 0 Å². The van der Waals surface area contributed by atoms with E-state index in [1.807, 2.05) is 25.1 Å². The molecule has 6 heteroatoms. The number of carbonyl (C=O) groups excluding carboxylic acids is 2. The predicted octanol–water partition coefficient (Wildman–Crippen LogP) is 4.66. The molecule has 0 aliphatic carbocycles. The van der Waals surface area contributed by atoms with E-state index < -0.39 is 11.6 Å². The fraction of sp³-hybridized carbons (Fsp3) is 0.167. The van der Waals surface area contributed by atoms with Crippen molar-refractivity contribution in [1.29, 1.82) is 0 Å². The van der Waals surface area contributed by atoms with E-state index in [0.717, 1.165) is 16.8 Å². The molecule has 152 valence electrons. The Morgan fingerprint density at radius 1 is 1.00 bits per heavy atom. The fourth-order valence-electron chi connectivity index (χ4n) is 3.65. The van der Waals surface area contributed by atoms with Crippen molar-refractivity contribution in [3.8, 4) is 0 Å². The first-order chi connectivity index (χ1) is 14.4. The zero-order chi connectivity index (χ0) is 21.3. The molecular weight excluding hydrogens is 386 g/mol. The summed E-state index contributed by atoms with van der Waals surface area (Å²) >= 11 is 0. The Hall–Kier alpha value is -3.54. The number of nitrogens with zero attached hydrogens (tertiary/aromatic N) is 1. The van der Waals surface area contributed by atoms with Crippen molar-refractivity contribution in [2.75, 3.05) is 11.4 Å². The second kappa shape index (κ2) is 8.06. The van der Waals surface area contributed by atoms with Crippen LogP contribution in [-0.4, -0.2) is 18.4 Å². The Morgan fingerprint density at radius 2 is 1.73 bits per heavy atom. The fourth-order valence-corrected chi connectivity index (χ4v) is 3.65. The second-order valence-electron chi connectivity index (χ2n) is 7.28. The lowest BCUT2D eigenvalue weighted by Crippen LogP contribution is -2.29. The van der Waals surface area contributed by atoms with Crippen molar-refractivity contribution in [2.24, 2.45) is 0 Å². The van der Waals surface area contributed by atoms with Crippen molar-refractivity contribution >= 4 is 17.5 Å². The van der Waals surface area contributed by atoms with Crippen LogP contribution in [0.4, 0.5) is 14.5 Å². The monoisotopic (exact) mass is 406 g/mol. The molecule has 0 spiro atoms. The highest BCUT2D eigenvalue weighted by Crippen LogP contribution is 2.32. The van der Waals surface area contributed by atoms with Crippen LogP contribution in [0.5, 0.6) is 0 Å². The van der Waals surface area contributed by atoms with E-state index in [9.17, 15) is 18.4 Å². The summed E-state index contributed by atoms with van der Waals surface area (Å²) in [5, 5.41) is 2.90. The number of nitrogens with one attached hydrogen (secondary N) is 1. The van der Waals surface area contributed by atoms with Gasteiger partial charge in [-0.25, -0.2) is 8.78 Å². The Bertz CT molecular complexity index is 1110. The van der Waals surface area contributed by atoms with Crippen LogP contribution in [0, 0.1) is 11.6 Å². The number of carbonyl (C=O) groups is 2. The summed E-state index contributed by atoms with van der Waals surface area (Å²) in [6, 6.07) is 16.7. The van der Waals surface area contributed by atoms with E-state index in [0.29, 0.717) is 18.5 Å². The van der Waals surface area contributed by atoms with E-state index in [4.69, 9.17) is 0 Å². The van der Waals surface area contributed by atoms with Crippen LogP contribution < -0.4 is 10.2 Å². The summed E-state index contributed by atoms with van der Waals surface area (Å²) in [7, 11) is 0. The molecule has 3 aromatic rings. The van der Waals surface area contributed by atoms with Gasteiger partial charge in [-0.2, -0.15) is 0 Å². The van der Waals surface area contributed by atoms with Gasteiger partial charge in [-0.15, -0.1) is 0 Å². The zero-order valence-electron chi connectivity index (χ0n) is 16.4. The first-order valence-corrected chi connectivity index (χ1v) is 9.69. The molecule has 4 nitrogen and oxygen atoms in total. The van der Waals surface area contributed by atoms with Crippen molar-refractivity contribution in [2.45, 2.75) is 19.4 Å². The van der Waals surface area contributed by atoms with Gasteiger partial charge in [0, 0.05) is 17.8 Å². The molecular formula is C24H20F2N2O2. The Labute approximate surface area is 173 Å². The van der Waals surface area contributed by atoms with Crippen LogP contribution in [0.15, 0.2) is 66.7 Å². The van der Waals surface area contributed by atoms with E-state index in [2.05, 4.69) is 5.32 Å². The maximum absolute atomic E-state index is 14.0. The third-order valence-electron chi connectivity index (χ3n) is 5.30. The number of rotatable bonds is 4. The topological polar surface area (TPSA) is 49.4 Å². The Kier molecular flexibility index (Phi) is 5.31. The molecule has 0 fully saturated rings. The van der Waals surface area contributed by atoms with Crippen LogP contribution in [0.1, 0.15) is 44.8 Å². The van der Waals surface area contributed by atoms with Crippen LogP contribution in [0.2, 0.25) is 0 Å². The molecule has 0 saturated heterocycles. The van der Waals surface area contributed by atoms with Crippen molar-refractivity contribution < 1.29 is 18.4 Å². The van der Waals surface area contributed by atoms with Gasteiger partial charge in [0.2, 0.25) is 0 Å². The molecule has 1 aliphatic rings. The quantitative estimate of drug-likeness (QED) is 0.685. The number of anilines is 1. The molecule has 0 unspecified atom stereocenters. The molecule has 1 heterocycles. The lowest BCUT2D eigenvalue weighted by molar-refractivity contribution is 0.0938. The normalized spacial score (nSPS) is 13.6. The van der Waals surface area contributed by atoms with Gasteiger partial charge in [-0.05, 0) is 66.9 Å². The summed E-state index contributed by atoms with van der Waals surface area (Å²) < 4.78 is 27.1. The van der Waals surface area contributed by atoms with Gasteiger partial charge >= 0.3 is 0 Å². The highest BCUT2D eigenvalue weighted by atomic mass is 19.1. The van der Waals surface area contributed by atoms with E-state index in [1.165, 1.54) is 36.4 Å². The standard InChI is InChI=1S/C24H20F2N2O2/c1-15(27-23(29)16-6-9-19(25)10-7-16)17-8-11-22-18(14-17)12-13-28(22)24(30)20-4-2-3-5-21(20)26/h2-11,14-15H,12-13H2,1H3,(H,27,29)/t15-/m1/s1. The third-order valence-corrected chi connectivity index (χ3v) is 5.30. The largest absolute Gasteiger partial charge is 0.346 e. The molecule has 0 radical (unpaired) electrons. The van der Waals surface area contributed by atoms with E-state index in [-0.39, 0.29) is 23.4 Å². The molecule has 4 rings (SSSR count). The molecule has 0 saturated carbocycles. The van der Waals surface area contributed by atoms with Gasteiger partial charge in [0.25, 0.3) is 11.8 Å². The number of fused-ring (bicyclic) bond motifs is 1. The summed E-state index contributed by atoms with van der Waals surface area (Å²) in [5.41, 5.74) is 3.05. The van der Waals surface area contributed by atoms with Crippen molar-refractivity contribution in [3.05, 3.63) is 101 Å². The van der Waals surface area contributed by atoms with Gasteiger partial charge < -0.3 is 10.2 Å². The SMILES string of the molecule is C[C@@H](NC(=O)c1ccc(F)cc1)c1ccc2c(c1)CCN2C(=O)c1ccccc1F. The highest BCUT2D eigenvalue weighted by Gasteiger charge is 2.27. The minimum atomic E-state index is -0.537. The molecule has 1 atom stereocenters. The lowest BCUT2D eigenvalue weighted by Gasteiger charge is -2.19. The molecule has 3 aromatic carbocycles. The first kappa shape index (κ1) is 19.8. The Morgan fingerprint density at radius 3 is 2.47 bits per heavy atom. The third kappa shape index (κ3) is 3.81. The smallest absolute Gasteiger partial charge is 0.261 e. The maximum Gasteiger partial charge on any atom is 0.261 e. The lowest BCUT2D eigenvalue weighted by atomic mass is 10.0. The molecule has 2 amide bonds. The van der Waals surface area contributed by atoms with E-state index >= 15 is 0 Å². The summed E-state index contributed by atoms with van der Waals surface area (Å²) in [6.07, 6.45) is 0.655. The first-order valence-electron chi connectivity index (χ1n) is 9.69. The number of hydrogen-bond donors (Lipinski definition) is 1. The number of hydrogen-bond acceptors (Lipinski definition) is 2. The summed E-state index contributed by atoms with van der Waals surface area (Å²) in [5.74, 6) is -1.59. The molecule has 0 bridgehead atoms. The van der Waals surface area contributed by atoms with Crippen molar-refractivity contribution in [3.63, 3.8) is 0 Å².